The summed E-state index contributed by atoms with van der Waals surface area (Å²) in [4.78, 5) is 8.36. The Morgan fingerprint density at radius 3 is 1.87 bits per heavy atom. The van der Waals surface area contributed by atoms with Gasteiger partial charge in [0.1, 0.15) is 0 Å². The number of carboxylic acid groups (broad SMARTS) is 1. The highest BCUT2D eigenvalue weighted by Crippen LogP contribution is 2.43. The number of ether oxygens (including phenoxy) is 1. The maximum absolute atomic E-state index is 8.36. The molecule has 0 heterocycles. The number of rotatable bonds is 3. The zero-order chi connectivity index (χ0) is 16.5. The van der Waals surface area contributed by atoms with Crippen LogP contribution in [0.3, 0.4) is 0 Å². The first-order valence-corrected chi connectivity index (χ1v) is 8.94. The Morgan fingerprint density at radius 2 is 1.39 bits per heavy atom. The van der Waals surface area contributed by atoms with E-state index in [0.717, 1.165) is 17.8 Å². The molecular weight excluding hydrogens is 288 g/mol. The van der Waals surface area contributed by atoms with Crippen LogP contribution >= 0.6 is 0 Å². The average molecular weight is 318 g/mol. The van der Waals surface area contributed by atoms with Gasteiger partial charge in [0.25, 0.3) is 6.47 Å². The highest BCUT2D eigenvalue weighted by molar-refractivity contribution is 5.32. The molecule has 1 aromatic rings. The Morgan fingerprint density at radius 1 is 0.913 bits per heavy atom. The van der Waals surface area contributed by atoms with Crippen molar-refractivity contribution in [2.45, 2.75) is 63.4 Å². The van der Waals surface area contributed by atoms with E-state index in [1.165, 1.54) is 51.4 Å². The molecule has 1 aromatic carbocycles. The molecule has 2 saturated carbocycles. The van der Waals surface area contributed by atoms with Gasteiger partial charge in [0.15, 0.2) is 0 Å². The van der Waals surface area contributed by atoms with Crippen molar-refractivity contribution in [3.63, 3.8) is 0 Å². The second kappa shape index (κ2) is 9.71. The molecule has 0 unspecified atom stereocenters. The number of benzene rings is 1. The zero-order valence-corrected chi connectivity index (χ0v) is 14.2. The van der Waals surface area contributed by atoms with Crippen LogP contribution in [-0.4, -0.2) is 24.8 Å². The second-order valence-electron chi connectivity index (χ2n) is 6.90. The van der Waals surface area contributed by atoms with E-state index in [0.29, 0.717) is 6.10 Å². The lowest BCUT2D eigenvalue weighted by atomic mass is 9.69. The topological polar surface area (TPSA) is 46.5 Å². The van der Waals surface area contributed by atoms with Gasteiger partial charge in [-0.25, -0.2) is 0 Å². The van der Waals surface area contributed by atoms with Crippen molar-refractivity contribution in [2.24, 2.45) is 11.8 Å². The van der Waals surface area contributed by atoms with E-state index < -0.39 is 0 Å². The Hall–Kier alpha value is -1.35. The highest BCUT2D eigenvalue weighted by Gasteiger charge is 2.31. The quantitative estimate of drug-likeness (QED) is 0.809. The number of hydrogen-bond acceptors (Lipinski definition) is 2. The molecule has 3 rings (SSSR count). The molecule has 2 fully saturated rings. The summed E-state index contributed by atoms with van der Waals surface area (Å²) < 4.78 is 5.50. The Balaban J connectivity index is 0.000000595. The van der Waals surface area contributed by atoms with Crippen LogP contribution in [0.5, 0.6) is 0 Å². The average Bonchev–Trinajstić information content (AvgIpc) is 2.63. The van der Waals surface area contributed by atoms with Crippen LogP contribution < -0.4 is 0 Å². The van der Waals surface area contributed by atoms with Gasteiger partial charge in [-0.05, 0) is 74.7 Å². The molecule has 0 aromatic heterocycles. The molecule has 23 heavy (non-hydrogen) atoms. The molecule has 0 amide bonds. The van der Waals surface area contributed by atoms with E-state index in [-0.39, 0.29) is 6.47 Å². The summed E-state index contributed by atoms with van der Waals surface area (Å²) in [7, 11) is 1.87. The number of hydrogen-bond donors (Lipinski definition) is 1. The van der Waals surface area contributed by atoms with Crippen LogP contribution in [0.25, 0.3) is 0 Å². The predicted molar refractivity (Wildman–Crippen MR) is 92.6 cm³/mol. The van der Waals surface area contributed by atoms with Crippen molar-refractivity contribution in [1.29, 1.82) is 0 Å². The van der Waals surface area contributed by atoms with Crippen molar-refractivity contribution < 1.29 is 14.6 Å². The van der Waals surface area contributed by atoms with Gasteiger partial charge in [0.2, 0.25) is 0 Å². The first-order valence-electron chi connectivity index (χ1n) is 8.94. The summed E-state index contributed by atoms with van der Waals surface area (Å²) in [5, 5.41) is 6.89. The van der Waals surface area contributed by atoms with Gasteiger partial charge >= 0.3 is 0 Å². The monoisotopic (exact) mass is 318 g/mol. The van der Waals surface area contributed by atoms with Crippen LogP contribution in [0.15, 0.2) is 30.3 Å². The molecule has 0 saturated heterocycles. The lowest BCUT2D eigenvalue weighted by Crippen LogP contribution is -2.27. The Kier molecular flexibility index (Phi) is 7.60. The third-order valence-electron chi connectivity index (χ3n) is 5.76. The minimum absolute atomic E-state index is 0.250. The molecular formula is C20H30O3. The molecule has 0 spiro atoms. The second-order valence-corrected chi connectivity index (χ2v) is 6.90. The van der Waals surface area contributed by atoms with Crippen LogP contribution in [0.4, 0.5) is 0 Å². The number of carbonyl (C=O) groups is 1. The van der Waals surface area contributed by atoms with Crippen LogP contribution in [-0.2, 0) is 9.53 Å². The van der Waals surface area contributed by atoms with Crippen molar-refractivity contribution in [2.75, 3.05) is 7.11 Å². The zero-order valence-electron chi connectivity index (χ0n) is 14.2. The molecule has 0 bridgehead atoms. The van der Waals surface area contributed by atoms with E-state index in [4.69, 9.17) is 14.6 Å². The normalized spacial score (nSPS) is 30.8. The first-order chi connectivity index (χ1) is 11.3. The van der Waals surface area contributed by atoms with E-state index >= 15 is 0 Å². The fourth-order valence-corrected chi connectivity index (χ4v) is 4.44. The number of methoxy groups -OCH3 is 1. The largest absolute Gasteiger partial charge is 0.483 e. The van der Waals surface area contributed by atoms with Crippen LogP contribution in [0, 0.1) is 11.8 Å². The summed E-state index contributed by atoms with van der Waals surface area (Å²) >= 11 is 0. The maximum atomic E-state index is 8.36. The van der Waals surface area contributed by atoms with Crippen molar-refractivity contribution in [3.8, 4) is 0 Å². The predicted octanol–water partition coefficient (Wildman–Crippen LogP) is 4.87. The minimum atomic E-state index is -0.250. The van der Waals surface area contributed by atoms with Gasteiger partial charge in [0.05, 0.1) is 6.10 Å². The molecule has 128 valence electrons. The lowest BCUT2D eigenvalue weighted by molar-refractivity contribution is -0.122. The fraction of sp³-hybridized carbons (Fsp3) is 0.650. The summed E-state index contributed by atoms with van der Waals surface area (Å²) in [6, 6.07) is 11.1. The fourth-order valence-electron chi connectivity index (χ4n) is 4.44. The summed E-state index contributed by atoms with van der Waals surface area (Å²) in [5.41, 5.74) is 1.56. The van der Waals surface area contributed by atoms with E-state index in [1.807, 2.05) is 7.11 Å². The van der Waals surface area contributed by atoms with Crippen molar-refractivity contribution >= 4 is 6.47 Å². The summed E-state index contributed by atoms with van der Waals surface area (Å²) in [5.74, 6) is 2.80. The third-order valence-corrected chi connectivity index (χ3v) is 5.76. The molecule has 0 radical (unpaired) electrons. The maximum Gasteiger partial charge on any atom is 0.290 e. The Labute approximate surface area is 140 Å². The van der Waals surface area contributed by atoms with E-state index in [2.05, 4.69) is 30.3 Å². The molecule has 0 atom stereocenters. The minimum Gasteiger partial charge on any atom is -0.483 e. The first kappa shape index (κ1) is 18.0. The van der Waals surface area contributed by atoms with Gasteiger partial charge in [-0.1, -0.05) is 30.3 Å². The molecule has 0 aliphatic heterocycles. The van der Waals surface area contributed by atoms with Crippen LogP contribution in [0.2, 0.25) is 0 Å². The van der Waals surface area contributed by atoms with Crippen LogP contribution in [0.1, 0.15) is 62.8 Å². The molecule has 3 nitrogen and oxygen atoms in total. The molecule has 1 N–H and O–H groups in total. The van der Waals surface area contributed by atoms with E-state index in [1.54, 1.807) is 5.56 Å². The molecule has 2 aliphatic carbocycles. The van der Waals surface area contributed by atoms with E-state index in [9.17, 15) is 0 Å². The molecule has 3 heteroatoms. The summed E-state index contributed by atoms with van der Waals surface area (Å²) in [6.07, 6.45) is 11.6. The van der Waals surface area contributed by atoms with Crippen molar-refractivity contribution in [3.05, 3.63) is 35.9 Å². The third kappa shape index (κ3) is 5.35. The highest BCUT2D eigenvalue weighted by atomic mass is 16.5. The van der Waals surface area contributed by atoms with Gasteiger partial charge in [-0.3, -0.25) is 4.79 Å². The standard InChI is InChI=1S/C19H28O.CH2O2/c1-20-19-13-11-18(12-14-19)17-9-7-16(8-10-17)15-5-3-2-4-6-15;2-1-3/h2-6,16-19H,7-14H2,1H3;1H,(H,2,3). The smallest absolute Gasteiger partial charge is 0.290 e. The SMILES string of the molecule is COC1CCC(C2CCC(c3ccccc3)CC2)CC1.O=CO. The lowest BCUT2D eigenvalue weighted by Gasteiger charge is -2.37. The Bertz CT molecular complexity index is 429. The summed E-state index contributed by atoms with van der Waals surface area (Å²) in [6.45, 7) is -0.250. The van der Waals surface area contributed by atoms with Gasteiger partial charge in [-0.15, -0.1) is 0 Å². The van der Waals surface area contributed by atoms with Crippen molar-refractivity contribution in [1.82, 2.24) is 0 Å². The van der Waals surface area contributed by atoms with Gasteiger partial charge < -0.3 is 9.84 Å². The molecule has 2 aliphatic rings. The van der Waals surface area contributed by atoms with Gasteiger partial charge in [0, 0.05) is 7.11 Å². The van der Waals surface area contributed by atoms with Gasteiger partial charge in [-0.2, -0.15) is 0 Å².